The van der Waals surface area contributed by atoms with Crippen molar-refractivity contribution in [1.82, 2.24) is 5.32 Å². The van der Waals surface area contributed by atoms with Gasteiger partial charge in [0.25, 0.3) is 0 Å². The highest BCUT2D eigenvalue weighted by molar-refractivity contribution is 5.20. The highest BCUT2D eigenvalue weighted by Gasteiger charge is 2.14. The zero-order valence-corrected chi connectivity index (χ0v) is 9.52. The Balaban J connectivity index is 1.52. The van der Waals surface area contributed by atoms with Crippen LogP contribution in [0.15, 0.2) is 30.3 Å². The highest BCUT2D eigenvalue weighted by Crippen LogP contribution is 2.10. The molecule has 16 heavy (non-hydrogen) atoms. The SMILES string of the molecule is c1ccc(OCCNCC2CCOC2)cc1. The van der Waals surface area contributed by atoms with Gasteiger partial charge in [-0.3, -0.25) is 0 Å². The van der Waals surface area contributed by atoms with Crippen LogP contribution in [0.3, 0.4) is 0 Å². The van der Waals surface area contributed by atoms with Crippen molar-refractivity contribution >= 4 is 0 Å². The van der Waals surface area contributed by atoms with E-state index in [9.17, 15) is 0 Å². The topological polar surface area (TPSA) is 30.5 Å². The zero-order chi connectivity index (χ0) is 11.1. The maximum Gasteiger partial charge on any atom is 0.119 e. The summed E-state index contributed by atoms with van der Waals surface area (Å²) < 4.78 is 10.9. The van der Waals surface area contributed by atoms with Crippen molar-refractivity contribution in [3.8, 4) is 5.75 Å². The largest absolute Gasteiger partial charge is 0.492 e. The second-order valence-electron chi connectivity index (χ2n) is 4.10. The summed E-state index contributed by atoms with van der Waals surface area (Å²) in [5.74, 6) is 1.63. The summed E-state index contributed by atoms with van der Waals surface area (Å²) in [7, 11) is 0. The second kappa shape index (κ2) is 6.51. The molecule has 0 bridgehead atoms. The van der Waals surface area contributed by atoms with E-state index in [2.05, 4.69) is 5.32 Å². The standard InChI is InChI=1S/C13H19NO2/c1-2-4-13(5-3-1)16-9-7-14-10-12-6-8-15-11-12/h1-5,12,14H,6-11H2. The third-order valence-corrected chi connectivity index (χ3v) is 2.75. The zero-order valence-electron chi connectivity index (χ0n) is 9.52. The molecule has 1 N–H and O–H groups in total. The quantitative estimate of drug-likeness (QED) is 0.742. The Kier molecular flexibility index (Phi) is 4.65. The van der Waals surface area contributed by atoms with Gasteiger partial charge >= 0.3 is 0 Å². The van der Waals surface area contributed by atoms with Crippen LogP contribution in [-0.4, -0.2) is 32.9 Å². The predicted molar refractivity (Wildman–Crippen MR) is 63.7 cm³/mol. The van der Waals surface area contributed by atoms with E-state index in [1.165, 1.54) is 6.42 Å². The molecular formula is C13H19NO2. The monoisotopic (exact) mass is 221 g/mol. The Morgan fingerprint density at radius 1 is 1.31 bits per heavy atom. The first-order valence-corrected chi connectivity index (χ1v) is 5.91. The van der Waals surface area contributed by atoms with Crippen LogP contribution in [0.4, 0.5) is 0 Å². The summed E-state index contributed by atoms with van der Waals surface area (Å²) in [6.07, 6.45) is 1.19. The summed E-state index contributed by atoms with van der Waals surface area (Å²) in [4.78, 5) is 0. The van der Waals surface area contributed by atoms with E-state index in [1.807, 2.05) is 30.3 Å². The minimum Gasteiger partial charge on any atom is -0.492 e. The minimum atomic E-state index is 0.691. The molecule has 3 heteroatoms. The fraction of sp³-hybridized carbons (Fsp3) is 0.538. The molecule has 1 atom stereocenters. The van der Waals surface area contributed by atoms with Gasteiger partial charge in [0.1, 0.15) is 12.4 Å². The molecule has 0 saturated carbocycles. The smallest absolute Gasteiger partial charge is 0.119 e. The molecule has 1 aliphatic rings. The lowest BCUT2D eigenvalue weighted by atomic mass is 10.1. The molecule has 3 nitrogen and oxygen atoms in total. The molecule has 0 aliphatic carbocycles. The normalized spacial score (nSPS) is 19.9. The number of hydrogen-bond donors (Lipinski definition) is 1. The number of hydrogen-bond acceptors (Lipinski definition) is 3. The van der Waals surface area contributed by atoms with Gasteiger partial charge in [-0.15, -0.1) is 0 Å². The number of benzene rings is 1. The van der Waals surface area contributed by atoms with Crippen molar-refractivity contribution in [3.05, 3.63) is 30.3 Å². The van der Waals surface area contributed by atoms with Gasteiger partial charge in [-0.25, -0.2) is 0 Å². The van der Waals surface area contributed by atoms with Crippen LogP contribution in [0, 0.1) is 5.92 Å². The lowest BCUT2D eigenvalue weighted by Crippen LogP contribution is -2.27. The van der Waals surface area contributed by atoms with Gasteiger partial charge in [0.05, 0.1) is 6.61 Å². The van der Waals surface area contributed by atoms with Crippen molar-refractivity contribution in [3.63, 3.8) is 0 Å². The molecule has 1 aromatic rings. The molecule has 1 aromatic carbocycles. The van der Waals surface area contributed by atoms with Gasteiger partial charge in [0.2, 0.25) is 0 Å². The molecule has 1 aliphatic heterocycles. The molecule has 2 rings (SSSR count). The molecule has 0 amide bonds. The van der Waals surface area contributed by atoms with Crippen LogP contribution in [-0.2, 0) is 4.74 Å². The van der Waals surface area contributed by atoms with Crippen LogP contribution >= 0.6 is 0 Å². The van der Waals surface area contributed by atoms with Gasteiger partial charge in [-0.2, -0.15) is 0 Å². The fourth-order valence-corrected chi connectivity index (χ4v) is 1.81. The summed E-state index contributed by atoms with van der Waals surface area (Å²) in [6.45, 7) is 4.49. The van der Waals surface area contributed by atoms with Crippen molar-refractivity contribution in [2.45, 2.75) is 6.42 Å². The van der Waals surface area contributed by atoms with E-state index in [0.29, 0.717) is 5.92 Å². The number of para-hydroxylation sites is 1. The predicted octanol–water partition coefficient (Wildman–Crippen LogP) is 1.69. The van der Waals surface area contributed by atoms with Crippen molar-refractivity contribution in [2.24, 2.45) is 5.92 Å². The first-order chi connectivity index (χ1) is 7.95. The van der Waals surface area contributed by atoms with E-state index in [4.69, 9.17) is 9.47 Å². The average Bonchev–Trinajstić information content (AvgIpc) is 2.83. The van der Waals surface area contributed by atoms with E-state index in [-0.39, 0.29) is 0 Å². The number of nitrogens with one attached hydrogen (secondary N) is 1. The van der Waals surface area contributed by atoms with Crippen molar-refractivity contribution in [2.75, 3.05) is 32.9 Å². The van der Waals surface area contributed by atoms with Crippen LogP contribution < -0.4 is 10.1 Å². The number of rotatable bonds is 6. The lowest BCUT2D eigenvalue weighted by Gasteiger charge is -2.10. The molecule has 1 unspecified atom stereocenters. The van der Waals surface area contributed by atoms with Crippen LogP contribution in [0.25, 0.3) is 0 Å². The van der Waals surface area contributed by atoms with Crippen molar-refractivity contribution < 1.29 is 9.47 Å². The lowest BCUT2D eigenvalue weighted by molar-refractivity contribution is 0.185. The van der Waals surface area contributed by atoms with Gasteiger partial charge in [0.15, 0.2) is 0 Å². The van der Waals surface area contributed by atoms with Crippen LogP contribution in [0.5, 0.6) is 5.75 Å². The van der Waals surface area contributed by atoms with Crippen LogP contribution in [0.2, 0.25) is 0 Å². The Labute approximate surface area is 96.8 Å². The van der Waals surface area contributed by atoms with Crippen LogP contribution in [0.1, 0.15) is 6.42 Å². The third-order valence-electron chi connectivity index (χ3n) is 2.75. The molecule has 1 heterocycles. The van der Waals surface area contributed by atoms with Gasteiger partial charge in [-0.05, 0) is 24.5 Å². The first kappa shape index (κ1) is 11.4. The van der Waals surface area contributed by atoms with Crippen molar-refractivity contribution in [1.29, 1.82) is 0 Å². The van der Waals surface area contributed by atoms with E-state index < -0.39 is 0 Å². The molecule has 0 aromatic heterocycles. The van der Waals surface area contributed by atoms with Gasteiger partial charge < -0.3 is 14.8 Å². The van der Waals surface area contributed by atoms with Gasteiger partial charge in [0, 0.05) is 19.7 Å². The molecule has 1 fully saturated rings. The van der Waals surface area contributed by atoms with Gasteiger partial charge in [-0.1, -0.05) is 18.2 Å². The second-order valence-corrected chi connectivity index (χ2v) is 4.10. The first-order valence-electron chi connectivity index (χ1n) is 5.91. The maximum atomic E-state index is 5.58. The average molecular weight is 221 g/mol. The molecular weight excluding hydrogens is 202 g/mol. The summed E-state index contributed by atoms with van der Waals surface area (Å²) in [5.41, 5.74) is 0. The van der Waals surface area contributed by atoms with E-state index >= 15 is 0 Å². The molecule has 0 radical (unpaired) electrons. The summed E-state index contributed by atoms with van der Waals surface area (Å²) in [6, 6.07) is 9.91. The molecule has 0 spiro atoms. The fourth-order valence-electron chi connectivity index (χ4n) is 1.81. The minimum absolute atomic E-state index is 0.691. The Morgan fingerprint density at radius 3 is 2.94 bits per heavy atom. The summed E-state index contributed by atoms with van der Waals surface area (Å²) in [5, 5.41) is 3.39. The Bertz CT molecular complexity index is 283. The molecule has 1 saturated heterocycles. The highest BCUT2D eigenvalue weighted by atomic mass is 16.5. The molecule has 88 valence electrons. The maximum absolute atomic E-state index is 5.58. The number of ether oxygens (including phenoxy) is 2. The Hall–Kier alpha value is -1.06. The summed E-state index contributed by atoms with van der Waals surface area (Å²) >= 11 is 0. The van der Waals surface area contributed by atoms with E-state index in [0.717, 1.165) is 38.7 Å². The third kappa shape index (κ3) is 3.83. The van der Waals surface area contributed by atoms with E-state index in [1.54, 1.807) is 0 Å². The Morgan fingerprint density at radius 2 is 2.19 bits per heavy atom.